The highest BCUT2D eigenvalue weighted by Crippen LogP contribution is 2.24. The van der Waals surface area contributed by atoms with Gasteiger partial charge in [-0.1, -0.05) is 34.6 Å². The molecular weight excluding hydrogens is 176 g/mol. The van der Waals surface area contributed by atoms with Gasteiger partial charge in [-0.3, -0.25) is 0 Å². The van der Waals surface area contributed by atoms with Gasteiger partial charge in [0.05, 0.1) is 12.2 Å². The summed E-state index contributed by atoms with van der Waals surface area (Å²) >= 11 is 0. The molecule has 0 bridgehead atoms. The van der Waals surface area contributed by atoms with Crippen LogP contribution in [0.5, 0.6) is 0 Å². The minimum atomic E-state index is -0.334. The van der Waals surface area contributed by atoms with Crippen molar-refractivity contribution in [2.45, 2.75) is 59.7 Å². The van der Waals surface area contributed by atoms with Crippen molar-refractivity contribution >= 4 is 0 Å². The van der Waals surface area contributed by atoms with Crippen molar-refractivity contribution < 1.29 is 9.84 Å². The van der Waals surface area contributed by atoms with Crippen molar-refractivity contribution in [3.8, 4) is 0 Å². The van der Waals surface area contributed by atoms with Crippen molar-refractivity contribution in [1.82, 2.24) is 0 Å². The number of ether oxygens (including phenoxy) is 1. The van der Waals surface area contributed by atoms with E-state index in [0.29, 0.717) is 5.92 Å². The SMILES string of the molecule is COC(C(C)C)C(O)CCC(C)(C)C. The van der Waals surface area contributed by atoms with Crippen LogP contribution in [-0.2, 0) is 4.74 Å². The first-order valence-electron chi connectivity index (χ1n) is 5.49. The van der Waals surface area contributed by atoms with E-state index in [2.05, 4.69) is 34.6 Å². The third-order valence-electron chi connectivity index (χ3n) is 2.50. The summed E-state index contributed by atoms with van der Waals surface area (Å²) in [6.07, 6.45) is 1.48. The maximum Gasteiger partial charge on any atom is 0.0852 e. The lowest BCUT2D eigenvalue weighted by atomic mass is 9.87. The van der Waals surface area contributed by atoms with E-state index >= 15 is 0 Å². The molecule has 14 heavy (non-hydrogen) atoms. The molecule has 2 heteroatoms. The Labute approximate surface area is 88.7 Å². The second-order valence-corrected chi connectivity index (χ2v) is 5.61. The maximum absolute atomic E-state index is 9.92. The molecule has 0 aliphatic rings. The zero-order valence-electron chi connectivity index (χ0n) is 10.5. The average Bonchev–Trinajstić information content (AvgIpc) is 2.00. The van der Waals surface area contributed by atoms with Crippen LogP contribution in [0.15, 0.2) is 0 Å². The highest BCUT2D eigenvalue weighted by atomic mass is 16.5. The molecule has 0 aromatic heterocycles. The fourth-order valence-corrected chi connectivity index (χ4v) is 1.62. The largest absolute Gasteiger partial charge is 0.390 e. The molecular formula is C12H26O2. The second kappa shape index (κ2) is 5.72. The van der Waals surface area contributed by atoms with E-state index in [0.717, 1.165) is 12.8 Å². The first-order valence-corrected chi connectivity index (χ1v) is 5.49. The topological polar surface area (TPSA) is 29.5 Å². The highest BCUT2D eigenvalue weighted by Gasteiger charge is 2.23. The minimum Gasteiger partial charge on any atom is -0.390 e. The van der Waals surface area contributed by atoms with Crippen LogP contribution in [0.25, 0.3) is 0 Å². The van der Waals surface area contributed by atoms with Gasteiger partial charge in [0.25, 0.3) is 0 Å². The molecule has 86 valence electrons. The lowest BCUT2D eigenvalue weighted by Gasteiger charge is -2.27. The Kier molecular flexibility index (Phi) is 5.68. The molecule has 0 aromatic carbocycles. The number of hydrogen-bond acceptors (Lipinski definition) is 2. The summed E-state index contributed by atoms with van der Waals surface area (Å²) in [7, 11) is 1.67. The Bertz CT molecular complexity index is 147. The number of hydrogen-bond donors (Lipinski definition) is 1. The van der Waals surface area contributed by atoms with Gasteiger partial charge in [0.2, 0.25) is 0 Å². The molecule has 0 aliphatic carbocycles. The van der Waals surface area contributed by atoms with Crippen molar-refractivity contribution in [3.63, 3.8) is 0 Å². The monoisotopic (exact) mass is 202 g/mol. The Balaban J connectivity index is 3.99. The summed E-state index contributed by atoms with van der Waals surface area (Å²) in [6, 6.07) is 0. The van der Waals surface area contributed by atoms with Gasteiger partial charge in [-0.05, 0) is 24.2 Å². The summed E-state index contributed by atoms with van der Waals surface area (Å²) in [5.74, 6) is 0.370. The van der Waals surface area contributed by atoms with Crippen LogP contribution in [0.4, 0.5) is 0 Å². The fourth-order valence-electron chi connectivity index (χ4n) is 1.62. The van der Waals surface area contributed by atoms with Gasteiger partial charge in [0.1, 0.15) is 0 Å². The summed E-state index contributed by atoms with van der Waals surface area (Å²) in [5, 5.41) is 9.92. The van der Waals surface area contributed by atoms with Crippen LogP contribution in [-0.4, -0.2) is 24.4 Å². The molecule has 0 spiro atoms. The molecule has 2 atom stereocenters. The van der Waals surface area contributed by atoms with Crippen molar-refractivity contribution in [1.29, 1.82) is 0 Å². The molecule has 0 saturated heterocycles. The van der Waals surface area contributed by atoms with Crippen molar-refractivity contribution in [2.75, 3.05) is 7.11 Å². The van der Waals surface area contributed by atoms with Crippen LogP contribution < -0.4 is 0 Å². The van der Waals surface area contributed by atoms with E-state index in [-0.39, 0.29) is 17.6 Å². The van der Waals surface area contributed by atoms with Crippen LogP contribution in [0.3, 0.4) is 0 Å². The molecule has 0 heterocycles. The van der Waals surface area contributed by atoms with Crippen molar-refractivity contribution in [3.05, 3.63) is 0 Å². The fraction of sp³-hybridized carbons (Fsp3) is 1.00. The summed E-state index contributed by atoms with van der Waals surface area (Å²) in [6.45, 7) is 10.7. The minimum absolute atomic E-state index is 0.0302. The van der Waals surface area contributed by atoms with Crippen LogP contribution >= 0.6 is 0 Å². The van der Waals surface area contributed by atoms with Crippen LogP contribution in [0, 0.1) is 11.3 Å². The van der Waals surface area contributed by atoms with Crippen LogP contribution in [0.1, 0.15) is 47.5 Å². The number of aliphatic hydroxyl groups is 1. The first kappa shape index (κ1) is 13.9. The number of aliphatic hydroxyl groups excluding tert-OH is 1. The quantitative estimate of drug-likeness (QED) is 0.743. The van der Waals surface area contributed by atoms with Gasteiger partial charge in [0, 0.05) is 7.11 Å². The van der Waals surface area contributed by atoms with Gasteiger partial charge >= 0.3 is 0 Å². The molecule has 1 N–H and O–H groups in total. The highest BCUT2D eigenvalue weighted by molar-refractivity contribution is 4.74. The molecule has 0 rings (SSSR count). The Hall–Kier alpha value is -0.0800. The van der Waals surface area contributed by atoms with Gasteiger partial charge in [-0.25, -0.2) is 0 Å². The summed E-state index contributed by atoms with van der Waals surface area (Å²) in [5.41, 5.74) is 0.288. The first-order chi connectivity index (χ1) is 6.28. The van der Waals surface area contributed by atoms with E-state index in [1.807, 2.05) is 0 Å². The van der Waals surface area contributed by atoms with E-state index in [1.165, 1.54) is 0 Å². The van der Waals surface area contributed by atoms with Gasteiger partial charge in [0.15, 0.2) is 0 Å². The smallest absolute Gasteiger partial charge is 0.0852 e. The maximum atomic E-state index is 9.92. The van der Waals surface area contributed by atoms with E-state index < -0.39 is 0 Å². The Morgan fingerprint density at radius 3 is 2.00 bits per heavy atom. The zero-order valence-corrected chi connectivity index (χ0v) is 10.5. The predicted molar refractivity (Wildman–Crippen MR) is 60.3 cm³/mol. The van der Waals surface area contributed by atoms with E-state index in [1.54, 1.807) is 7.11 Å². The molecule has 0 aliphatic heterocycles. The summed E-state index contributed by atoms with van der Waals surface area (Å²) in [4.78, 5) is 0. The van der Waals surface area contributed by atoms with Gasteiger partial charge < -0.3 is 9.84 Å². The lowest BCUT2D eigenvalue weighted by molar-refractivity contribution is -0.0442. The van der Waals surface area contributed by atoms with Crippen molar-refractivity contribution in [2.24, 2.45) is 11.3 Å². The zero-order chi connectivity index (χ0) is 11.4. The Morgan fingerprint density at radius 1 is 1.21 bits per heavy atom. The van der Waals surface area contributed by atoms with E-state index in [9.17, 15) is 5.11 Å². The predicted octanol–water partition coefficient (Wildman–Crippen LogP) is 2.84. The molecule has 0 radical (unpaired) electrons. The number of methoxy groups -OCH3 is 1. The van der Waals surface area contributed by atoms with Gasteiger partial charge in [-0.15, -0.1) is 0 Å². The second-order valence-electron chi connectivity index (χ2n) is 5.61. The standard InChI is InChI=1S/C12H26O2/c1-9(2)11(14-6)10(13)7-8-12(3,4)5/h9-11,13H,7-8H2,1-6H3. The molecule has 0 amide bonds. The molecule has 2 nitrogen and oxygen atoms in total. The normalized spacial score (nSPS) is 17.1. The molecule has 0 fully saturated rings. The van der Waals surface area contributed by atoms with Gasteiger partial charge in [-0.2, -0.15) is 0 Å². The summed E-state index contributed by atoms with van der Waals surface area (Å²) < 4.78 is 5.29. The average molecular weight is 202 g/mol. The third kappa shape index (κ3) is 5.61. The van der Waals surface area contributed by atoms with E-state index in [4.69, 9.17) is 4.74 Å². The Morgan fingerprint density at radius 2 is 1.71 bits per heavy atom. The van der Waals surface area contributed by atoms with Crippen LogP contribution in [0.2, 0.25) is 0 Å². The molecule has 2 unspecified atom stereocenters. The third-order valence-corrected chi connectivity index (χ3v) is 2.50. The lowest BCUT2D eigenvalue weighted by Crippen LogP contribution is -2.33. The number of rotatable bonds is 5. The molecule has 0 aromatic rings. The molecule has 0 saturated carbocycles.